The molecule has 1 aliphatic carbocycles. The Labute approximate surface area is 343 Å². The summed E-state index contributed by atoms with van der Waals surface area (Å²) in [5.41, 5.74) is 7.58. The zero-order chi connectivity index (χ0) is 42.8. The van der Waals surface area contributed by atoms with Gasteiger partial charge in [-0.05, 0) is 62.7 Å². The first-order valence-electron chi connectivity index (χ1n) is 19.9. The van der Waals surface area contributed by atoms with Crippen LogP contribution in [0.3, 0.4) is 0 Å². The van der Waals surface area contributed by atoms with Crippen LogP contribution in [0.25, 0.3) is 11.0 Å². The van der Waals surface area contributed by atoms with Crippen molar-refractivity contribution >= 4 is 40.4 Å². The van der Waals surface area contributed by atoms with Crippen molar-refractivity contribution in [2.24, 2.45) is 17.6 Å². The molecule has 1 saturated heterocycles. The summed E-state index contributed by atoms with van der Waals surface area (Å²) in [7, 11) is 2.92. The van der Waals surface area contributed by atoms with Crippen LogP contribution in [0.15, 0.2) is 92.0 Å². The number of primary amides is 1. The quantitative estimate of drug-likeness (QED) is 0.161. The van der Waals surface area contributed by atoms with Crippen LogP contribution < -0.4 is 26.7 Å². The minimum Gasteiger partial charge on any atom is -0.440 e. The molecule has 3 heterocycles. The van der Waals surface area contributed by atoms with Gasteiger partial charge in [0.25, 0.3) is 5.91 Å². The number of aliphatic hydroxyl groups excluding tert-OH is 1. The minimum absolute atomic E-state index is 0.132. The van der Waals surface area contributed by atoms with Crippen LogP contribution in [-0.4, -0.2) is 100 Å². The van der Waals surface area contributed by atoms with Crippen molar-refractivity contribution in [3.8, 4) is 0 Å². The number of allylic oxidation sites excluding steroid dienone is 4. The summed E-state index contributed by atoms with van der Waals surface area (Å²) >= 11 is 0. The van der Waals surface area contributed by atoms with Gasteiger partial charge in [-0.3, -0.25) is 19.2 Å². The predicted octanol–water partition coefficient (Wildman–Crippen LogP) is 3.93. The highest BCUT2D eigenvalue weighted by atomic mass is 16.6. The maximum absolute atomic E-state index is 14.1. The van der Waals surface area contributed by atoms with E-state index >= 15 is 0 Å². The average molecular weight is 817 g/mol. The van der Waals surface area contributed by atoms with Crippen molar-refractivity contribution in [2.45, 2.75) is 77.8 Å². The minimum atomic E-state index is -1.01. The third-order valence-corrected chi connectivity index (χ3v) is 10.9. The monoisotopic (exact) mass is 816 g/mol. The van der Waals surface area contributed by atoms with Gasteiger partial charge < -0.3 is 49.7 Å². The molecule has 0 saturated carbocycles. The van der Waals surface area contributed by atoms with Crippen LogP contribution in [0.1, 0.15) is 52.5 Å². The zero-order valence-electron chi connectivity index (χ0n) is 34.6. The molecule has 318 valence electrons. The molecule has 2 amide bonds. The van der Waals surface area contributed by atoms with Crippen LogP contribution in [0.2, 0.25) is 0 Å². The summed E-state index contributed by atoms with van der Waals surface area (Å²) in [5.74, 6) is -1.85. The summed E-state index contributed by atoms with van der Waals surface area (Å²) in [6.07, 6.45) is 4.54. The second-order valence-corrected chi connectivity index (χ2v) is 15.3. The van der Waals surface area contributed by atoms with Crippen molar-refractivity contribution in [3.63, 3.8) is 0 Å². The number of Topliss-reactive ketones (excluding diaryl/α,β-unsaturated/α-hetero) is 1. The van der Waals surface area contributed by atoms with Gasteiger partial charge in [0.2, 0.25) is 11.6 Å². The molecular formula is C44H56N4O11. The number of carbonyl (C=O) groups is 4. The first-order chi connectivity index (χ1) is 28.2. The van der Waals surface area contributed by atoms with E-state index in [4.69, 9.17) is 29.1 Å². The molecular weight excluding hydrogens is 761 g/mol. The number of anilines is 1. The predicted molar refractivity (Wildman–Crippen MR) is 221 cm³/mol. The fraction of sp³-hybridized carbons (Fsp3) is 0.477. The van der Waals surface area contributed by atoms with E-state index in [0.717, 1.165) is 11.6 Å². The largest absolute Gasteiger partial charge is 0.440 e. The molecule has 5 N–H and O–H groups in total. The Morgan fingerprint density at radius 3 is 2.53 bits per heavy atom. The number of para-hydroxylation sites is 1. The highest BCUT2D eigenvalue weighted by Gasteiger charge is 2.33. The van der Waals surface area contributed by atoms with E-state index in [-0.39, 0.29) is 40.3 Å². The number of hydrogen-bond donors (Lipinski definition) is 4. The molecule has 1 aromatic carbocycles. The van der Waals surface area contributed by atoms with E-state index in [0.29, 0.717) is 74.5 Å². The third kappa shape index (κ3) is 11.2. The van der Waals surface area contributed by atoms with E-state index < -0.39 is 53.9 Å². The number of aryl methyl sites for hydroxylation is 1. The summed E-state index contributed by atoms with van der Waals surface area (Å²) < 4.78 is 28.5. The number of aliphatic hydroxyl groups is 1. The SMILES string of the molecule is CO[C@H]1/C=C\C=C(/C)C(=O)NC2=CC(=O)C(NCCCc3cccc4c(=O)cc(N5CCOCC5)oc34)=C(C[C@@H](C)C[C@H](OC)[C@H](O)[C@@H](C)/C=C(\C)[C@@H]1OC(N)=O)C2=O. The molecule has 6 atom stereocenters. The maximum atomic E-state index is 14.1. The van der Waals surface area contributed by atoms with Crippen LogP contribution in [-0.2, 0) is 39.8 Å². The van der Waals surface area contributed by atoms with Gasteiger partial charge in [-0.15, -0.1) is 0 Å². The van der Waals surface area contributed by atoms with Crippen molar-refractivity contribution in [1.29, 1.82) is 0 Å². The van der Waals surface area contributed by atoms with E-state index in [2.05, 4.69) is 10.6 Å². The number of morpholine rings is 1. The summed E-state index contributed by atoms with van der Waals surface area (Å²) in [5, 5.41) is 17.8. The Hall–Kier alpha value is -5.35. The molecule has 2 aromatic rings. The first-order valence-corrected chi connectivity index (χ1v) is 19.9. The Kier molecular flexibility index (Phi) is 15.6. The lowest BCUT2D eigenvalue weighted by Gasteiger charge is -2.30. The molecule has 3 aliphatic rings. The highest BCUT2D eigenvalue weighted by molar-refractivity contribution is 6.23. The molecule has 0 unspecified atom stereocenters. The van der Waals surface area contributed by atoms with Crippen LogP contribution >= 0.6 is 0 Å². The van der Waals surface area contributed by atoms with Crippen LogP contribution in [0.5, 0.6) is 0 Å². The van der Waals surface area contributed by atoms with Gasteiger partial charge in [-0.25, -0.2) is 4.79 Å². The molecule has 1 aromatic heterocycles. The number of hydrogen-bond acceptors (Lipinski definition) is 13. The number of nitrogens with zero attached hydrogens (tertiary/aromatic N) is 1. The lowest BCUT2D eigenvalue weighted by molar-refractivity contribution is -0.120. The van der Waals surface area contributed by atoms with E-state index in [1.807, 2.05) is 24.0 Å². The summed E-state index contributed by atoms with van der Waals surface area (Å²) in [4.78, 5) is 68.2. The molecule has 2 aliphatic heterocycles. The molecule has 0 radical (unpaired) electrons. The normalized spacial score (nSPS) is 27.6. The number of benzene rings is 1. The number of fused-ring (bicyclic) bond motifs is 3. The lowest BCUT2D eigenvalue weighted by atomic mass is 9.85. The van der Waals surface area contributed by atoms with Gasteiger partial charge >= 0.3 is 6.09 Å². The number of carbonyl (C=O) groups excluding carboxylic acids is 4. The molecule has 15 nitrogen and oxygen atoms in total. The number of ketones is 2. The lowest BCUT2D eigenvalue weighted by Crippen LogP contribution is -2.38. The fourth-order valence-electron chi connectivity index (χ4n) is 7.63. The average Bonchev–Trinajstić information content (AvgIpc) is 3.21. The van der Waals surface area contributed by atoms with Crippen molar-refractivity contribution in [1.82, 2.24) is 10.6 Å². The van der Waals surface area contributed by atoms with E-state index in [9.17, 15) is 29.1 Å². The molecule has 15 heteroatoms. The Morgan fingerprint density at radius 1 is 1.08 bits per heavy atom. The second-order valence-electron chi connectivity index (χ2n) is 15.3. The van der Waals surface area contributed by atoms with Gasteiger partial charge in [-0.2, -0.15) is 0 Å². The summed E-state index contributed by atoms with van der Waals surface area (Å²) in [6, 6.07) is 6.98. The Balaban J connectivity index is 1.41. The number of rotatable bonds is 9. The molecule has 0 spiro atoms. The number of methoxy groups -OCH3 is 2. The zero-order valence-corrected chi connectivity index (χ0v) is 34.6. The molecule has 1 fully saturated rings. The van der Waals surface area contributed by atoms with Crippen molar-refractivity contribution in [3.05, 3.63) is 98.5 Å². The number of nitrogens with one attached hydrogen (secondary N) is 2. The first kappa shape index (κ1) is 44.7. The third-order valence-electron chi connectivity index (χ3n) is 10.9. The van der Waals surface area contributed by atoms with Gasteiger partial charge in [0.05, 0.1) is 42.2 Å². The van der Waals surface area contributed by atoms with Gasteiger partial charge in [0.15, 0.2) is 17.4 Å². The smallest absolute Gasteiger partial charge is 0.405 e. The second kappa shape index (κ2) is 20.6. The molecule has 2 bridgehead atoms. The highest BCUT2D eigenvalue weighted by Crippen LogP contribution is 2.29. The van der Waals surface area contributed by atoms with E-state index in [1.54, 1.807) is 45.1 Å². The van der Waals surface area contributed by atoms with Crippen molar-refractivity contribution in [2.75, 3.05) is 52.0 Å². The number of amides is 2. The Bertz CT molecular complexity index is 2110. The van der Waals surface area contributed by atoms with Gasteiger partial charge in [-0.1, -0.05) is 50.3 Å². The van der Waals surface area contributed by atoms with Gasteiger partial charge in [0, 0.05) is 63.1 Å². The van der Waals surface area contributed by atoms with Crippen LogP contribution in [0, 0.1) is 11.8 Å². The number of nitrogens with two attached hydrogens (primary N) is 1. The van der Waals surface area contributed by atoms with Gasteiger partial charge in [0.1, 0.15) is 11.7 Å². The maximum Gasteiger partial charge on any atom is 0.405 e. The Morgan fingerprint density at radius 2 is 1.83 bits per heavy atom. The van der Waals surface area contributed by atoms with E-state index in [1.165, 1.54) is 26.4 Å². The molecule has 59 heavy (non-hydrogen) atoms. The standard InChI is InChI=1S/C44H56N4O11/c1-25-20-31-38(46-15-9-12-29-11-8-13-30-33(49)24-37(58-42(29)30)48-16-18-57-19-17-48)34(50)23-32(40(31)52)47-43(53)26(2)10-7-14-35(55-5)41(59-44(45)54)28(4)22-27(3)39(51)36(21-25)56-6/h7-8,10-11,13-14,22-25,27,35-36,39,41,46,51H,9,12,15-21H2,1-6H3,(H2,45,54)(H,47,53)/b14-7-,26-10+,28-22+/t25-,27+,35+,36+,39-,41+/m1/s1. The van der Waals surface area contributed by atoms with Crippen molar-refractivity contribution < 1.29 is 47.6 Å². The summed E-state index contributed by atoms with van der Waals surface area (Å²) in [6.45, 7) is 9.61. The molecule has 5 rings (SSSR count). The fourth-order valence-corrected chi connectivity index (χ4v) is 7.63. The van der Waals surface area contributed by atoms with Crippen LogP contribution in [0.4, 0.5) is 10.7 Å². The number of ether oxygens (including phenoxy) is 4. The topological polar surface area (TPSA) is 209 Å².